The maximum atomic E-state index is 12.6. The van der Waals surface area contributed by atoms with Crippen molar-refractivity contribution in [1.29, 1.82) is 0 Å². The first-order valence-corrected chi connectivity index (χ1v) is 12.9. The fourth-order valence-electron chi connectivity index (χ4n) is 3.01. The highest BCUT2D eigenvalue weighted by Gasteiger charge is 2.53. The van der Waals surface area contributed by atoms with Crippen LogP contribution in [0.25, 0.3) is 0 Å². The zero-order valence-electron chi connectivity index (χ0n) is 18.7. The third kappa shape index (κ3) is 5.28. The van der Waals surface area contributed by atoms with Gasteiger partial charge in [-0.05, 0) is 30.6 Å². The predicted octanol–water partition coefficient (Wildman–Crippen LogP) is 2.57. The summed E-state index contributed by atoms with van der Waals surface area (Å²) in [6.45, 7) is 16.9. The number of aliphatic hydroxyl groups excluding tert-OH is 1. The largest absolute Gasteiger partial charge is 0.408 e. The molecule has 1 fully saturated rings. The second kappa shape index (κ2) is 9.28. The van der Waals surface area contributed by atoms with Crippen molar-refractivity contribution >= 4 is 14.3 Å². The first-order chi connectivity index (χ1) is 13.4. The zero-order chi connectivity index (χ0) is 22.0. The molecule has 29 heavy (non-hydrogen) atoms. The lowest BCUT2D eigenvalue weighted by Crippen LogP contribution is -2.54. The van der Waals surface area contributed by atoms with Crippen LogP contribution in [0.2, 0.25) is 18.1 Å². The van der Waals surface area contributed by atoms with Crippen molar-refractivity contribution in [3.63, 3.8) is 0 Å². The number of carbonyl (C=O) groups excluding carboxylic acids is 1. The van der Waals surface area contributed by atoms with E-state index in [1.54, 1.807) is 13.3 Å². The minimum atomic E-state index is -2.19. The number of hydrogen-bond donors (Lipinski definition) is 2. The van der Waals surface area contributed by atoms with E-state index in [1.807, 2.05) is 6.92 Å². The van der Waals surface area contributed by atoms with Crippen LogP contribution in [-0.4, -0.2) is 75.8 Å². The van der Waals surface area contributed by atoms with Gasteiger partial charge in [-0.3, -0.25) is 4.90 Å². The summed E-state index contributed by atoms with van der Waals surface area (Å²) in [5, 5.41) is 12.7. The van der Waals surface area contributed by atoms with E-state index in [-0.39, 0.29) is 17.7 Å². The van der Waals surface area contributed by atoms with E-state index >= 15 is 0 Å². The summed E-state index contributed by atoms with van der Waals surface area (Å²) in [6.07, 6.45) is -0.719. The number of ether oxygens (including phenoxy) is 3. The molecule has 166 valence electrons. The van der Waals surface area contributed by atoms with E-state index in [9.17, 15) is 9.90 Å². The van der Waals surface area contributed by atoms with Crippen molar-refractivity contribution in [2.24, 2.45) is 0 Å². The number of nitrogens with one attached hydrogen (secondary N) is 1. The van der Waals surface area contributed by atoms with Gasteiger partial charge in [0.05, 0.1) is 19.8 Å². The first kappa shape index (κ1) is 24.0. The molecule has 2 N–H and O–H groups in total. The number of aliphatic hydroxyl groups is 1. The number of methoxy groups -OCH3 is 1. The van der Waals surface area contributed by atoms with Gasteiger partial charge >= 0.3 is 6.03 Å². The SMILES string of the molecule is C=C1NC(=O)N([C@H]2O[C@H](CO)C(O[Si](C)(C)C(C)(C)C)C2OCCOC)C=C1C. The number of allylic oxidation sites excluding steroid dienone is 1. The maximum absolute atomic E-state index is 12.6. The Kier molecular flexibility index (Phi) is 7.69. The Morgan fingerprint density at radius 3 is 2.52 bits per heavy atom. The van der Waals surface area contributed by atoms with Crippen molar-refractivity contribution in [1.82, 2.24) is 10.2 Å². The molecular formula is C20H36N2O6Si. The van der Waals surface area contributed by atoms with Crippen molar-refractivity contribution in [3.05, 3.63) is 24.0 Å². The van der Waals surface area contributed by atoms with E-state index in [1.165, 1.54) is 4.90 Å². The van der Waals surface area contributed by atoms with Gasteiger partial charge in [-0.15, -0.1) is 0 Å². The Balaban J connectivity index is 2.35. The van der Waals surface area contributed by atoms with Crippen molar-refractivity contribution in [2.75, 3.05) is 26.9 Å². The highest BCUT2D eigenvalue weighted by atomic mass is 28.4. The maximum Gasteiger partial charge on any atom is 0.328 e. The summed E-state index contributed by atoms with van der Waals surface area (Å²) in [5.41, 5.74) is 1.37. The summed E-state index contributed by atoms with van der Waals surface area (Å²) in [4.78, 5) is 14.1. The fourth-order valence-corrected chi connectivity index (χ4v) is 4.33. The summed E-state index contributed by atoms with van der Waals surface area (Å²) < 4.78 is 23.9. The molecule has 2 heterocycles. The molecular weight excluding hydrogens is 392 g/mol. The van der Waals surface area contributed by atoms with E-state index in [4.69, 9.17) is 18.6 Å². The zero-order valence-corrected chi connectivity index (χ0v) is 19.7. The van der Waals surface area contributed by atoms with Crippen LogP contribution in [0.5, 0.6) is 0 Å². The van der Waals surface area contributed by atoms with Crippen LogP contribution in [0.4, 0.5) is 4.79 Å². The van der Waals surface area contributed by atoms with Crippen LogP contribution in [0.15, 0.2) is 24.0 Å². The molecule has 0 aromatic rings. The van der Waals surface area contributed by atoms with Crippen LogP contribution in [0, 0.1) is 0 Å². The molecule has 2 aliphatic rings. The van der Waals surface area contributed by atoms with Crippen LogP contribution in [-0.2, 0) is 18.6 Å². The molecule has 2 unspecified atom stereocenters. The number of urea groups is 1. The number of amides is 2. The van der Waals surface area contributed by atoms with Gasteiger partial charge in [0.1, 0.15) is 18.3 Å². The smallest absolute Gasteiger partial charge is 0.328 e. The van der Waals surface area contributed by atoms with Gasteiger partial charge in [0.2, 0.25) is 0 Å². The van der Waals surface area contributed by atoms with Crippen LogP contribution in [0.3, 0.4) is 0 Å². The number of rotatable bonds is 8. The van der Waals surface area contributed by atoms with E-state index in [0.717, 1.165) is 5.57 Å². The molecule has 2 rings (SSSR count). The topological polar surface area (TPSA) is 89.5 Å². The van der Waals surface area contributed by atoms with E-state index in [0.29, 0.717) is 18.9 Å². The molecule has 1 saturated heterocycles. The average Bonchev–Trinajstić information content (AvgIpc) is 2.94. The minimum Gasteiger partial charge on any atom is -0.408 e. The Morgan fingerprint density at radius 2 is 1.97 bits per heavy atom. The molecule has 0 aromatic carbocycles. The molecule has 0 aromatic heterocycles. The third-order valence-electron chi connectivity index (χ3n) is 5.88. The van der Waals surface area contributed by atoms with Crippen molar-refractivity contribution in [3.8, 4) is 0 Å². The Labute approximate surface area is 175 Å². The van der Waals surface area contributed by atoms with Gasteiger partial charge in [0, 0.05) is 19.0 Å². The summed E-state index contributed by atoms with van der Waals surface area (Å²) in [5.74, 6) is 0. The summed E-state index contributed by atoms with van der Waals surface area (Å²) >= 11 is 0. The number of hydrogen-bond acceptors (Lipinski definition) is 6. The number of nitrogens with zero attached hydrogens (tertiary/aromatic N) is 1. The molecule has 0 aliphatic carbocycles. The Hall–Kier alpha value is -1.23. The lowest BCUT2D eigenvalue weighted by molar-refractivity contribution is -0.0892. The molecule has 4 atom stereocenters. The van der Waals surface area contributed by atoms with Gasteiger partial charge in [0.25, 0.3) is 0 Å². The monoisotopic (exact) mass is 428 g/mol. The normalized spacial score (nSPS) is 28.6. The second-order valence-electron chi connectivity index (χ2n) is 9.05. The quantitative estimate of drug-likeness (QED) is 0.456. The molecule has 0 saturated carbocycles. The third-order valence-corrected chi connectivity index (χ3v) is 10.3. The standard InChI is InChI=1S/C20H36N2O6Si/c1-13-11-22(19(24)21-14(13)2)18-17(26-10-9-25-6)16(15(12-23)27-18)28-29(7,8)20(3,4)5/h11,15-18,23H,2,9-10,12H2,1,3-8H3,(H,21,24)/t15-,16?,17?,18+/m1/s1. The summed E-state index contributed by atoms with van der Waals surface area (Å²) in [6, 6.07) is -0.351. The average molecular weight is 429 g/mol. The summed E-state index contributed by atoms with van der Waals surface area (Å²) in [7, 11) is -0.590. The van der Waals surface area contributed by atoms with E-state index in [2.05, 4.69) is 45.8 Å². The van der Waals surface area contributed by atoms with Gasteiger partial charge in [-0.2, -0.15) is 0 Å². The first-order valence-electron chi connectivity index (χ1n) is 9.94. The molecule has 2 aliphatic heterocycles. The van der Waals surface area contributed by atoms with Crippen molar-refractivity contribution in [2.45, 2.75) is 70.4 Å². The highest BCUT2D eigenvalue weighted by molar-refractivity contribution is 6.74. The van der Waals surface area contributed by atoms with Crippen LogP contribution >= 0.6 is 0 Å². The lowest BCUT2D eigenvalue weighted by Gasteiger charge is -2.41. The van der Waals surface area contributed by atoms with Crippen LogP contribution < -0.4 is 5.32 Å². The van der Waals surface area contributed by atoms with E-state index < -0.39 is 32.9 Å². The van der Waals surface area contributed by atoms with Crippen LogP contribution in [0.1, 0.15) is 27.7 Å². The fraction of sp³-hybridized carbons (Fsp3) is 0.750. The van der Waals surface area contributed by atoms with Gasteiger partial charge in [-0.25, -0.2) is 4.79 Å². The Morgan fingerprint density at radius 1 is 1.31 bits per heavy atom. The molecule has 8 nitrogen and oxygen atoms in total. The molecule has 2 amide bonds. The highest BCUT2D eigenvalue weighted by Crippen LogP contribution is 2.41. The number of carbonyl (C=O) groups is 1. The van der Waals surface area contributed by atoms with Gasteiger partial charge < -0.3 is 29.1 Å². The molecule has 0 radical (unpaired) electrons. The second-order valence-corrected chi connectivity index (χ2v) is 13.8. The van der Waals surface area contributed by atoms with Gasteiger partial charge in [-0.1, -0.05) is 27.4 Å². The predicted molar refractivity (Wildman–Crippen MR) is 113 cm³/mol. The Bertz CT molecular complexity index is 645. The van der Waals surface area contributed by atoms with Crippen molar-refractivity contribution < 1.29 is 28.5 Å². The minimum absolute atomic E-state index is 0.0289. The molecule has 0 spiro atoms. The molecule has 9 heteroatoms. The lowest BCUT2D eigenvalue weighted by atomic mass is 10.1. The molecule has 0 bridgehead atoms. The van der Waals surface area contributed by atoms with Gasteiger partial charge in [0.15, 0.2) is 14.5 Å².